The van der Waals surface area contributed by atoms with Crippen molar-refractivity contribution in [2.45, 2.75) is 25.9 Å². The Hall–Kier alpha value is -3.46. The first-order valence-electron chi connectivity index (χ1n) is 9.48. The summed E-state index contributed by atoms with van der Waals surface area (Å²) in [6, 6.07) is 10.2. The minimum Gasteiger partial charge on any atom is -0.493 e. The standard InChI is InChI=1S/C21H18ClFN4O4/c1-3-30-16-7-5-4-6-13(16)18-24-17(31-26-18)11-27-19(28)21(2,25-20(27)29)14-9-8-12(23)10-15(14)22/h4-10H,3,11H2,1-2H3,(H,25,29). The van der Waals surface area contributed by atoms with E-state index in [1.165, 1.54) is 19.1 Å². The average molecular weight is 445 g/mol. The smallest absolute Gasteiger partial charge is 0.325 e. The Morgan fingerprint density at radius 3 is 2.77 bits per heavy atom. The van der Waals surface area contributed by atoms with Crippen LogP contribution in [0.15, 0.2) is 47.0 Å². The van der Waals surface area contributed by atoms with E-state index in [1.807, 2.05) is 19.1 Å². The lowest BCUT2D eigenvalue weighted by Crippen LogP contribution is -2.41. The predicted octanol–water partition coefficient (Wildman–Crippen LogP) is 3.90. The van der Waals surface area contributed by atoms with Crippen LogP contribution < -0.4 is 10.1 Å². The minimum absolute atomic E-state index is 0.0330. The minimum atomic E-state index is -1.45. The molecule has 3 amide bonds. The Morgan fingerprint density at radius 1 is 1.26 bits per heavy atom. The third kappa shape index (κ3) is 3.72. The molecule has 0 bridgehead atoms. The summed E-state index contributed by atoms with van der Waals surface area (Å²) < 4.78 is 24.2. The summed E-state index contributed by atoms with van der Waals surface area (Å²) in [5.41, 5.74) is -0.542. The molecule has 1 aliphatic heterocycles. The van der Waals surface area contributed by atoms with Gasteiger partial charge in [0.05, 0.1) is 12.2 Å². The summed E-state index contributed by atoms with van der Waals surface area (Å²) in [6.45, 7) is 3.60. The Morgan fingerprint density at radius 2 is 2.03 bits per heavy atom. The first kappa shape index (κ1) is 20.8. The van der Waals surface area contributed by atoms with Crippen LogP contribution in [0.5, 0.6) is 5.75 Å². The molecule has 2 aromatic carbocycles. The first-order valence-corrected chi connectivity index (χ1v) is 9.85. The van der Waals surface area contributed by atoms with E-state index >= 15 is 0 Å². The molecule has 0 saturated carbocycles. The number of hydrogen-bond donors (Lipinski definition) is 1. The third-order valence-corrected chi connectivity index (χ3v) is 5.25. The number of aromatic nitrogens is 2. The molecule has 1 atom stereocenters. The van der Waals surface area contributed by atoms with Gasteiger partial charge >= 0.3 is 6.03 Å². The highest BCUT2D eigenvalue weighted by Crippen LogP contribution is 2.35. The number of imide groups is 1. The van der Waals surface area contributed by atoms with Gasteiger partial charge in [0.15, 0.2) is 0 Å². The summed E-state index contributed by atoms with van der Waals surface area (Å²) in [5, 5.41) is 6.59. The number of halogens is 2. The summed E-state index contributed by atoms with van der Waals surface area (Å²) in [7, 11) is 0. The second-order valence-electron chi connectivity index (χ2n) is 7.01. The van der Waals surface area contributed by atoms with Crippen molar-refractivity contribution in [2.24, 2.45) is 0 Å². The molecule has 1 aromatic heterocycles. The van der Waals surface area contributed by atoms with E-state index in [9.17, 15) is 14.0 Å². The van der Waals surface area contributed by atoms with Crippen LogP contribution in [0.4, 0.5) is 9.18 Å². The largest absolute Gasteiger partial charge is 0.493 e. The van der Waals surface area contributed by atoms with Crippen molar-refractivity contribution in [2.75, 3.05) is 6.61 Å². The van der Waals surface area contributed by atoms with Crippen LogP contribution in [0.25, 0.3) is 11.4 Å². The second-order valence-corrected chi connectivity index (χ2v) is 7.42. The van der Waals surface area contributed by atoms with Gasteiger partial charge < -0.3 is 14.6 Å². The maximum absolute atomic E-state index is 13.4. The van der Waals surface area contributed by atoms with Crippen molar-refractivity contribution in [1.82, 2.24) is 20.4 Å². The highest BCUT2D eigenvalue weighted by molar-refractivity contribution is 6.32. The van der Waals surface area contributed by atoms with Crippen LogP contribution in [0.1, 0.15) is 25.3 Å². The quantitative estimate of drug-likeness (QED) is 0.579. The van der Waals surface area contributed by atoms with Crippen LogP contribution in [0.2, 0.25) is 5.02 Å². The van der Waals surface area contributed by atoms with Crippen molar-refractivity contribution in [1.29, 1.82) is 0 Å². The Kier molecular flexibility index (Phi) is 5.36. The molecule has 0 radical (unpaired) electrons. The fourth-order valence-electron chi connectivity index (χ4n) is 3.41. The van der Waals surface area contributed by atoms with Crippen molar-refractivity contribution in [3.05, 3.63) is 64.8 Å². The predicted molar refractivity (Wildman–Crippen MR) is 109 cm³/mol. The number of nitrogens with one attached hydrogen (secondary N) is 1. The van der Waals surface area contributed by atoms with Gasteiger partial charge in [0.1, 0.15) is 23.7 Å². The number of nitrogens with zero attached hydrogens (tertiary/aromatic N) is 3. The van der Waals surface area contributed by atoms with Gasteiger partial charge in [-0.15, -0.1) is 0 Å². The lowest BCUT2D eigenvalue weighted by molar-refractivity contribution is -0.131. The van der Waals surface area contributed by atoms with Gasteiger partial charge in [0.2, 0.25) is 11.7 Å². The van der Waals surface area contributed by atoms with E-state index in [-0.39, 0.29) is 28.8 Å². The molecule has 8 nitrogen and oxygen atoms in total. The maximum Gasteiger partial charge on any atom is 0.325 e. The Balaban J connectivity index is 1.58. The molecular weight excluding hydrogens is 427 g/mol. The van der Waals surface area contributed by atoms with Crippen molar-refractivity contribution < 1.29 is 23.2 Å². The summed E-state index contributed by atoms with van der Waals surface area (Å²) >= 11 is 6.12. The van der Waals surface area contributed by atoms with E-state index < -0.39 is 23.3 Å². The van der Waals surface area contributed by atoms with E-state index in [0.29, 0.717) is 17.9 Å². The fourth-order valence-corrected chi connectivity index (χ4v) is 3.77. The zero-order valence-electron chi connectivity index (χ0n) is 16.7. The third-order valence-electron chi connectivity index (χ3n) is 4.93. The van der Waals surface area contributed by atoms with Crippen LogP contribution in [-0.4, -0.2) is 33.6 Å². The molecule has 0 spiro atoms. The van der Waals surface area contributed by atoms with Gasteiger partial charge in [-0.05, 0) is 38.1 Å². The van der Waals surface area contributed by atoms with Crippen molar-refractivity contribution in [3.8, 4) is 17.1 Å². The molecule has 10 heteroatoms. The van der Waals surface area contributed by atoms with Gasteiger partial charge in [-0.3, -0.25) is 9.69 Å². The normalized spacial score (nSPS) is 18.4. The first-order chi connectivity index (χ1) is 14.8. The van der Waals surface area contributed by atoms with Gasteiger partial charge in [-0.2, -0.15) is 4.98 Å². The number of carbonyl (C=O) groups is 2. The Bertz CT molecular complexity index is 1170. The SMILES string of the molecule is CCOc1ccccc1-c1noc(CN2C(=O)NC(C)(c3ccc(F)cc3Cl)C2=O)n1. The number of ether oxygens (including phenoxy) is 1. The molecule has 3 aromatic rings. The van der Waals surface area contributed by atoms with E-state index in [2.05, 4.69) is 15.5 Å². The van der Waals surface area contributed by atoms with Crippen LogP contribution >= 0.6 is 11.6 Å². The molecule has 160 valence electrons. The number of amides is 3. The summed E-state index contributed by atoms with van der Waals surface area (Å²) in [5.74, 6) is -0.183. The topological polar surface area (TPSA) is 97.6 Å². The number of hydrogen-bond acceptors (Lipinski definition) is 6. The summed E-state index contributed by atoms with van der Waals surface area (Å²) in [6.07, 6.45) is 0. The second kappa shape index (κ2) is 7.99. The van der Waals surface area contributed by atoms with Gasteiger partial charge in [-0.25, -0.2) is 9.18 Å². The lowest BCUT2D eigenvalue weighted by Gasteiger charge is -2.23. The molecule has 2 heterocycles. The highest BCUT2D eigenvalue weighted by Gasteiger charge is 2.50. The molecular formula is C21H18ClFN4O4. The van der Waals surface area contributed by atoms with Crippen LogP contribution in [0.3, 0.4) is 0 Å². The number of carbonyl (C=O) groups excluding carboxylic acids is 2. The van der Waals surface area contributed by atoms with Gasteiger partial charge in [-0.1, -0.05) is 35.0 Å². The van der Waals surface area contributed by atoms with Crippen LogP contribution in [-0.2, 0) is 16.9 Å². The van der Waals surface area contributed by atoms with Crippen molar-refractivity contribution >= 4 is 23.5 Å². The maximum atomic E-state index is 13.4. The van der Waals surface area contributed by atoms with Gasteiger partial charge in [0, 0.05) is 10.6 Å². The fraction of sp³-hybridized carbons (Fsp3) is 0.238. The lowest BCUT2D eigenvalue weighted by atomic mass is 9.92. The summed E-state index contributed by atoms with van der Waals surface area (Å²) in [4.78, 5) is 30.9. The molecule has 1 aliphatic rings. The zero-order valence-corrected chi connectivity index (χ0v) is 17.4. The highest BCUT2D eigenvalue weighted by atomic mass is 35.5. The molecule has 1 saturated heterocycles. The van der Waals surface area contributed by atoms with E-state index in [4.69, 9.17) is 20.9 Å². The van der Waals surface area contributed by atoms with Crippen molar-refractivity contribution in [3.63, 3.8) is 0 Å². The Labute approximate surface area is 181 Å². The number of benzene rings is 2. The molecule has 1 N–H and O–H groups in total. The zero-order chi connectivity index (χ0) is 22.2. The van der Waals surface area contributed by atoms with E-state index in [0.717, 1.165) is 11.0 Å². The van der Waals surface area contributed by atoms with Gasteiger partial charge in [0.25, 0.3) is 5.91 Å². The molecule has 0 aliphatic carbocycles. The average Bonchev–Trinajstić information content (AvgIpc) is 3.28. The molecule has 31 heavy (non-hydrogen) atoms. The van der Waals surface area contributed by atoms with E-state index in [1.54, 1.807) is 12.1 Å². The molecule has 1 fully saturated rings. The monoisotopic (exact) mass is 444 g/mol. The molecule has 1 unspecified atom stereocenters. The number of rotatable bonds is 6. The number of urea groups is 1. The number of para-hydroxylation sites is 1. The molecule has 4 rings (SSSR count). The van der Waals surface area contributed by atoms with Crippen LogP contribution in [0, 0.1) is 5.82 Å².